The molecule has 0 bridgehead atoms. The molecule has 0 aliphatic carbocycles. The zero-order valence-corrected chi connectivity index (χ0v) is 7.40. The summed E-state index contributed by atoms with van der Waals surface area (Å²) in [5.41, 5.74) is 0. The van der Waals surface area contributed by atoms with Crippen LogP contribution in [-0.2, 0) is 0 Å². The molecule has 0 atom stereocenters. The summed E-state index contributed by atoms with van der Waals surface area (Å²) < 4.78 is 0. The van der Waals surface area contributed by atoms with Gasteiger partial charge in [0, 0.05) is 16.4 Å². The Morgan fingerprint density at radius 3 is 2.91 bits per heavy atom. The summed E-state index contributed by atoms with van der Waals surface area (Å²) in [6.45, 7) is 2.33. The molecule has 1 aromatic heterocycles. The Morgan fingerprint density at radius 1 is 1.55 bits per heavy atom. The smallest absolute Gasteiger partial charge is 0.0465 e. The summed E-state index contributed by atoms with van der Waals surface area (Å²) in [4.78, 5) is 2.59. The number of hydrogen-bond acceptors (Lipinski definition) is 2. The Bertz CT molecular complexity index is 237. The lowest BCUT2D eigenvalue weighted by Crippen LogP contribution is -1.74. The second-order valence-corrected chi connectivity index (χ2v) is 3.68. The number of aliphatic hydroxyl groups excluding tert-OH is 1. The van der Waals surface area contributed by atoms with Crippen LogP contribution in [0.3, 0.4) is 0 Å². The van der Waals surface area contributed by atoms with Crippen molar-refractivity contribution in [3.8, 4) is 0 Å². The monoisotopic (exact) mass is 168 g/mol. The van der Waals surface area contributed by atoms with Gasteiger partial charge in [0.25, 0.3) is 0 Å². The maximum atomic E-state index is 8.50. The first kappa shape index (κ1) is 8.50. The summed E-state index contributed by atoms with van der Waals surface area (Å²) in [5.74, 6) is 0. The van der Waals surface area contributed by atoms with Gasteiger partial charge in [-0.2, -0.15) is 0 Å². The molecule has 1 heterocycles. The van der Waals surface area contributed by atoms with E-state index < -0.39 is 0 Å². The Kier molecular flexibility index (Phi) is 3.33. The van der Waals surface area contributed by atoms with Gasteiger partial charge in [-0.3, -0.25) is 0 Å². The average Bonchev–Trinajstić information content (AvgIpc) is 2.37. The molecule has 1 nitrogen and oxygen atoms in total. The van der Waals surface area contributed by atoms with Crippen LogP contribution in [0.5, 0.6) is 0 Å². The highest BCUT2D eigenvalue weighted by Crippen LogP contribution is 2.16. The first-order valence-electron chi connectivity index (χ1n) is 3.67. The Balaban J connectivity index is 2.50. The van der Waals surface area contributed by atoms with Crippen molar-refractivity contribution >= 4 is 17.4 Å². The molecule has 1 N–H and O–H groups in total. The summed E-state index contributed by atoms with van der Waals surface area (Å²) in [7, 11) is 0. The maximum Gasteiger partial charge on any atom is 0.0465 e. The predicted octanol–water partition coefficient (Wildman–Crippen LogP) is 2.45. The third-order valence-electron chi connectivity index (χ3n) is 1.34. The van der Waals surface area contributed by atoms with E-state index >= 15 is 0 Å². The van der Waals surface area contributed by atoms with Crippen molar-refractivity contribution in [2.24, 2.45) is 0 Å². The van der Waals surface area contributed by atoms with Crippen molar-refractivity contribution in [1.29, 1.82) is 0 Å². The molecule has 0 spiro atoms. The number of aryl methyl sites for hydroxylation is 1. The van der Waals surface area contributed by atoms with Crippen LogP contribution in [0.25, 0.3) is 6.08 Å². The maximum absolute atomic E-state index is 8.50. The summed E-state index contributed by atoms with van der Waals surface area (Å²) in [6, 6.07) is 4.19. The van der Waals surface area contributed by atoms with Crippen LogP contribution < -0.4 is 0 Å². The summed E-state index contributed by atoms with van der Waals surface area (Å²) >= 11 is 1.77. The molecule has 0 aliphatic rings. The molecule has 0 radical (unpaired) electrons. The van der Waals surface area contributed by atoms with E-state index in [1.807, 2.05) is 12.2 Å². The second kappa shape index (κ2) is 4.31. The third-order valence-corrected chi connectivity index (χ3v) is 2.30. The highest BCUT2D eigenvalue weighted by Gasteiger charge is 1.89. The summed E-state index contributed by atoms with van der Waals surface area (Å²) in [6.07, 6.45) is 4.79. The highest BCUT2D eigenvalue weighted by molar-refractivity contribution is 7.12. The molecule has 0 saturated carbocycles. The molecule has 11 heavy (non-hydrogen) atoms. The zero-order valence-electron chi connectivity index (χ0n) is 6.58. The molecule has 60 valence electrons. The van der Waals surface area contributed by atoms with E-state index in [1.54, 1.807) is 11.3 Å². The predicted molar refractivity (Wildman–Crippen MR) is 49.8 cm³/mol. The van der Waals surface area contributed by atoms with E-state index in [1.165, 1.54) is 9.75 Å². The van der Waals surface area contributed by atoms with E-state index in [-0.39, 0.29) is 6.61 Å². The number of thiophene rings is 1. The Labute approximate surface area is 71.0 Å². The van der Waals surface area contributed by atoms with Crippen LogP contribution in [0.4, 0.5) is 0 Å². The van der Waals surface area contributed by atoms with Crippen molar-refractivity contribution in [1.82, 2.24) is 0 Å². The lowest BCUT2D eigenvalue weighted by Gasteiger charge is -1.83. The third kappa shape index (κ3) is 2.87. The van der Waals surface area contributed by atoms with E-state index in [0.29, 0.717) is 0 Å². The van der Waals surface area contributed by atoms with E-state index in [0.717, 1.165) is 6.42 Å². The van der Waals surface area contributed by atoms with Crippen molar-refractivity contribution in [2.75, 3.05) is 6.61 Å². The fourth-order valence-electron chi connectivity index (χ4n) is 0.817. The van der Waals surface area contributed by atoms with Gasteiger partial charge in [-0.05, 0) is 31.6 Å². The minimum absolute atomic E-state index is 0.237. The minimum atomic E-state index is 0.237. The molecular formula is C9H12OS. The van der Waals surface area contributed by atoms with Crippen molar-refractivity contribution in [2.45, 2.75) is 13.3 Å². The Hall–Kier alpha value is -0.600. The number of rotatable bonds is 3. The van der Waals surface area contributed by atoms with Crippen LogP contribution in [-0.4, -0.2) is 11.7 Å². The van der Waals surface area contributed by atoms with Crippen LogP contribution in [0.15, 0.2) is 18.2 Å². The van der Waals surface area contributed by atoms with Gasteiger partial charge in [-0.15, -0.1) is 11.3 Å². The van der Waals surface area contributed by atoms with Crippen molar-refractivity contribution in [3.63, 3.8) is 0 Å². The fourth-order valence-corrected chi connectivity index (χ4v) is 1.63. The molecular weight excluding hydrogens is 156 g/mol. The highest BCUT2D eigenvalue weighted by atomic mass is 32.1. The van der Waals surface area contributed by atoms with Crippen LogP contribution in [0.2, 0.25) is 0 Å². The molecule has 2 heteroatoms. The van der Waals surface area contributed by atoms with Gasteiger partial charge in [-0.1, -0.05) is 6.08 Å². The normalized spacial score (nSPS) is 11.1. The van der Waals surface area contributed by atoms with Crippen LogP contribution in [0.1, 0.15) is 16.2 Å². The lowest BCUT2D eigenvalue weighted by molar-refractivity contribution is 0.303. The quantitative estimate of drug-likeness (QED) is 0.735. The first-order chi connectivity index (χ1) is 5.33. The molecule has 0 unspecified atom stereocenters. The second-order valence-electron chi connectivity index (χ2n) is 2.36. The van der Waals surface area contributed by atoms with E-state index in [2.05, 4.69) is 19.1 Å². The van der Waals surface area contributed by atoms with Gasteiger partial charge >= 0.3 is 0 Å². The fraction of sp³-hybridized carbons (Fsp3) is 0.333. The molecule has 1 aromatic rings. The first-order valence-corrected chi connectivity index (χ1v) is 4.48. The van der Waals surface area contributed by atoms with Gasteiger partial charge in [0.2, 0.25) is 0 Å². The summed E-state index contributed by atoms with van der Waals surface area (Å²) in [5, 5.41) is 8.50. The van der Waals surface area contributed by atoms with Gasteiger partial charge < -0.3 is 5.11 Å². The molecule has 1 rings (SSSR count). The molecule has 0 saturated heterocycles. The van der Waals surface area contributed by atoms with E-state index in [4.69, 9.17) is 5.11 Å². The number of aliphatic hydroxyl groups is 1. The zero-order chi connectivity index (χ0) is 8.10. The number of hydrogen-bond donors (Lipinski definition) is 1. The average molecular weight is 168 g/mol. The molecule has 0 amide bonds. The van der Waals surface area contributed by atoms with Crippen molar-refractivity contribution < 1.29 is 5.11 Å². The van der Waals surface area contributed by atoms with Gasteiger partial charge in [-0.25, -0.2) is 0 Å². The molecule has 0 fully saturated rings. The minimum Gasteiger partial charge on any atom is -0.396 e. The van der Waals surface area contributed by atoms with Gasteiger partial charge in [0.05, 0.1) is 0 Å². The topological polar surface area (TPSA) is 20.2 Å². The standard InChI is InChI=1S/C9H12OS/c1-8-5-6-9(11-8)4-2-3-7-10/h2,4-6,10H,3,7H2,1H3/b4-2+. The molecule has 0 aromatic carbocycles. The lowest BCUT2D eigenvalue weighted by atomic mass is 10.3. The Morgan fingerprint density at radius 2 is 2.36 bits per heavy atom. The van der Waals surface area contributed by atoms with Gasteiger partial charge in [0.1, 0.15) is 0 Å². The van der Waals surface area contributed by atoms with Gasteiger partial charge in [0.15, 0.2) is 0 Å². The van der Waals surface area contributed by atoms with Crippen molar-refractivity contribution in [3.05, 3.63) is 28.0 Å². The van der Waals surface area contributed by atoms with Crippen LogP contribution >= 0.6 is 11.3 Å². The largest absolute Gasteiger partial charge is 0.396 e. The molecule has 0 aliphatic heterocycles. The SMILES string of the molecule is Cc1ccc(/C=C/CCO)s1. The van der Waals surface area contributed by atoms with E-state index in [9.17, 15) is 0 Å². The van der Waals surface area contributed by atoms with Crippen LogP contribution in [0, 0.1) is 6.92 Å².